The first-order valence-electron chi connectivity index (χ1n) is 10.3. The van der Waals surface area contributed by atoms with Crippen LogP contribution in [0.15, 0.2) is 66.1 Å². The average molecular weight is 442 g/mol. The zero-order valence-corrected chi connectivity index (χ0v) is 18.4. The van der Waals surface area contributed by atoms with E-state index >= 15 is 0 Å². The van der Waals surface area contributed by atoms with Crippen LogP contribution in [0.1, 0.15) is 35.2 Å². The van der Waals surface area contributed by atoms with Gasteiger partial charge in [0.05, 0.1) is 28.4 Å². The number of allylic oxidation sites excluding steroid dienone is 1. The minimum atomic E-state index is -0.532. The minimum Gasteiger partial charge on any atom is -0.422 e. The lowest BCUT2D eigenvalue weighted by Crippen LogP contribution is -2.22. The molecule has 0 bridgehead atoms. The number of ether oxygens (including phenoxy) is 1. The lowest BCUT2D eigenvalue weighted by Gasteiger charge is -2.25. The van der Waals surface area contributed by atoms with Crippen molar-refractivity contribution in [2.45, 2.75) is 26.2 Å². The van der Waals surface area contributed by atoms with Crippen LogP contribution >= 0.6 is 11.6 Å². The molecule has 0 spiro atoms. The molecule has 0 radical (unpaired) electrons. The fourth-order valence-electron chi connectivity index (χ4n) is 4.21. The van der Waals surface area contributed by atoms with E-state index in [1.54, 1.807) is 4.68 Å². The Hall–Kier alpha value is -3.82. The van der Waals surface area contributed by atoms with Gasteiger partial charge in [-0.25, -0.2) is 9.67 Å². The van der Waals surface area contributed by atoms with E-state index in [1.165, 1.54) is 5.56 Å². The second-order valence-electron chi connectivity index (χ2n) is 7.73. The van der Waals surface area contributed by atoms with E-state index in [4.69, 9.17) is 27.2 Å². The van der Waals surface area contributed by atoms with Crippen molar-refractivity contribution in [3.8, 4) is 17.6 Å². The topological polar surface area (TPSA) is 89.8 Å². The van der Waals surface area contributed by atoms with Gasteiger partial charge in [0.15, 0.2) is 0 Å². The zero-order chi connectivity index (χ0) is 22.4. The van der Waals surface area contributed by atoms with Crippen molar-refractivity contribution in [1.82, 2.24) is 14.8 Å². The molecule has 5 rings (SSSR count). The maximum atomic E-state index is 9.96. The molecule has 32 heavy (non-hydrogen) atoms. The van der Waals surface area contributed by atoms with Crippen molar-refractivity contribution in [3.63, 3.8) is 0 Å². The molecule has 1 aliphatic heterocycles. The first-order chi connectivity index (χ1) is 15.5. The van der Waals surface area contributed by atoms with Crippen LogP contribution in [0, 0.1) is 18.3 Å². The van der Waals surface area contributed by atoms with Crippen molar-refractivity contribution in [3.05, 3.63) is 93.6 Å². The lowest BCUT2D eigenvalue weighted by atomic mass is 9.84. The Morgan fingerprint density at radius 2 is 1.97 bits per heavy atom. The molecule has 2 aromatic heterocycles. The van der Waals surface area contributed by atoms with E-state index in [9.17, 15) is 5.26 Å². The van der Waals surface area contributed by atoms with Gasteiger partial charge in [0.1, 0.15) is 16.8 Å². The molecule has 4 aromatic rings. The summed E-state index contributed by atoms with van der Waals surface area (Å²) >= 11 is 6.67. The van der Waals surface area contributed by atoms with Crippen LogP contribution in [-0.2, 0) is 6.42 Å². The number of aryl methyl sites for hydroxylation is 2. The molecule has 2 aromatic carbocycles. The number of nitrogens with two attached hydrogens (primary N) is 1. The van der Waals surface area contributed by atoms with Crippen molar-refractivity contribution < 1.29 is 4.74 Å². The number of pyridine rings is 1. The molecule has 0 saturated carbocycles. The summed E-state index contributed by atoms with van der Waals surface area (Å²) in [7, 11) is 0. The van der Waals surface area contributed by atoms with Crippen molar-refractivity contribution >= 4 is 22.5 Å². The van der Waals surface area contributed by atoms with E-state index in [0.717, 1.165) is 34.3 Å². The minimum absolute atomic E-state index is 0.0422. The number of nitrogens with zero attached hydrogens (tertiary/aromatic N) is 4. The fraction of sp³-hybridized carbons (Fsp3) is 0.160. The van der Waals surface area contributed by atoms with Crippen LogP contribution in [0.2, 0.25) is 5.15 Å². The highest BCUT2D eigenvalue weighted by molar-refractivity contribution is 6.30. The molecular formula is C25H20ClN5O. The summed E-state index contributed by atoms with van der Waals surface area (Å²) < 4.78 is 7.63. The molecule has 0 unspecified atom stereocenters. The molecule has 3 heterocycles. The zero-order valence-electron chi connectivity index (χ0n) is 17.6. The molecule has 2 N–H and O–H groups in total. The summed E-state index contributed by atoms with van der Waals surface area (Å²) in [6.45, 7) is 4.00. The normalized spacial score (nSPS) is 15.4. The summed E-state index contributed by atoms with van der Waals surface area (Å²) in [6, 6.07) is 20.0. The third kappa shape index (κ3) is 3.10. The van der Waals surface area contributed by atoms with Gasteiger partial charge in [-0.2, -0.15) is 10.4 Å². The molecule has 158 valence electrons. The number of rotatable bonds is 3. The van der Waals surface area contributed by atoms with Crippen LogP contribution in [0.4, 0.5) is 0 Å². The highest BCUT2D eigenvalue weighted by Crippen LogP contribution is 2.46. The van der Waals surface area contributed by atoms with Crippen molar-refractivity contribution in [2.75, 3.05) is 0 Å². The summed E-state index contributed by atoms with van der Waals surface area (Å²) in [5.74, 6) is -0.00915. The molecule has 6 nitrogen and oxygen atoms in total. The maximum Gasteiger partial charge on any atom is 0.229 e. The summed E-state index contributed by atoms with van der Waals surface area (Å²) in [4.78, 5) is 4.61. The number of hydrogen-bond acceptors (Lipinski definition) is 5. The van der Waals surface area contributed by atoms with Gasteiger partial charge >= 0.3 is 0 Å². The van der Waals surface area contributed by atoms with E-state index in [0.29, 0.717) is 22.2 Å². The Bertz CT molecular complexity index is 1430. The van der Waals surface area contributed by atoms with E-state index < -0.39 is 5.92 Å². The van der Waals surface area contributed by atoms with Gasteiger partial charge in [0, 0.05) is 10.9 Å². The molecule has 0 aliphatic carbocycles. The van der Waals surface area contributed by atoms with E-state index in [-0.39, 0.29) is 5.88 Å². The standard InChI is InChI=1S/C25H20ClN5O/c1-3-15-9-10-20-16(11-15)12-18(23(26)29-20)22-19(13-27)24(28)32-25-21(22)14(2)30-31(25)17-7-5-4-6-8-17/h4-12,22H,3,28H2,1-2H3/t22-/m1/s1. The lowest BCUT2D eigenvalue weighted by molar-refractivity contribution is 0.367. The number of nitriles is 1. The molecule has 7 heteroatoms. The molecular weight excluding hydrogens is 422 g/mol. The first kappa shape index (κ1) is 20.1. The van der Waals surface area contributed by atoms with Gasteiger partial charge in [0.25, 0.3) is 0 Å². The van der Waals surface area contributed by atoms with Crippen LogP contribution < -0.4 is 10.5 Å². The Kier molecular flexibility index (Phi) is 4.84. The smallest absolute Gasteiger partial charge is 0.229 e. The number of halogens is 1. The van der Waals surface area contributed by atoms with E-state index in [2.05, 4.69) is 24.0 Å². The van der Waals surface area contributed by atoms with E-state index in [1.807, 2.05) is 55.5 Å². The predicted octanol–water partition coefficient (Wildman–Crippen LogP) is 5.16. The molecule has 0 saturated heterocycles. The van der Waals surface area contributed by atoms with Gasteiger partial charge < -0.3 is 10.5 Å². The molecule has 1 atom stereocenters. The van der Waals surface area contributed by atoms with Gasteiger partial charge in [-0.3, -0.25) is 0 Å². The molecule has 1 aliphatic rings. The highest BCUT2D eigenvalue weighted by atomic mass is 35.5. The van der Waals surface area contributed by atoms with Crippen LogP contribution in [0.25, 0.3) is 16.6 Å². The van der Waals surface area contributed by atoms with Gasteiger partial charge in [-0.05, 0) is 49.2 Å². The van der Waals surface area contributed by atoms with Gasteiger partial charge in [0.2, 0.25) is 11.8 Å². The van der Waals surface area contributed by atoms with Gasteiger partial charge in [-0.15, -0.1) is 0 Å². The highest BCUT2D eigenvalue weighted by Gasteiger charge is 2.37. The second-order valence-corrected chi connectivity index (χ2v) is 8.08. The first-order valence-corrected chi connectivity index (χ1v) is 10.7. The maximum absolute atomic E-state index is 9.96. The summed E-state index contributed by atoms with van der Waals surface area (Å²) in [5, 5.41) is 15.9. The quantitative estimate of drug-likeness (QED) is 0.443. The summed E-state index contributed by atoms with van der Waals surface area (Å²) in [5.41, 5.74) is 11.5. The third-order valence-electron chi connectivity index (χ3n) is 5.81. The fourth-order valence-corrected chi connectivity index (χ4v) is 4.47. The van der Waals surface area contributed by atoms with Gasteiger partial charge in [-0.1, -0.05) is 42.8 Å². The monoisotopic (exact) mass is 441 g/mol. The molecule has 0 amide bonds. The number of hydrogen-bond donors (Lipinski definition) is 1. The van der Waals surface area contributed by atoms with Crippen LogP contribution in [0.3, 0.4) is 0 Å². The average Bonchev–Trinajstić information content (AvgIpc) is 3.13. The molecule has 0 fully saturated rings. The Morgan fingerprint density at radius 1 is 1.19 bits per heavy atom. The second kappa shape index (κ2) is 7.70. The SMILES string of the molecule is CCc1ccc2nc(Cl)c([C@@H]3C(C#N)=C(N)Oc4c3c(C)nn4-c3ccccc3)cc2c1. The number of fused-ring (bicyclic) bond motifs is 2. The Morgan fingerprint density at radius 3 is 2.69 bits per heavy atom. The van der Waals surface area contributed by atoms with Crippen molar-refractivity contribution in [2.24, 2.45) is 5.73 Å². The van der Waals surface area contributed by atoms with Crippen molar-refractivity contribution in [1.29, 1.82) is 5.26 Å². The van der Waals surface area contributed by atoms with Crippen LogP contribution in [-0.4, -0.2) is 14.8 Å². The Balaban J connectivity index is 1.77. The predicted molar refractivity (Wildman–Crippen MR) is 124 cm³/mol. The summed E-state index contributed by atoms with van der Waals surface area (Å²) in [6.07, 6.45) is 0.911. The number of benzene rings is 2. The number of aromatic nitrogens is 3. The third-order valence-corrected chi connectivity index (χ3v) is 6.11. The largest absolute Gasteiger partial charge is 0.422 e. The Labute approximate surface area is 190 Å². The number of para-hydroxylation sites is 1. The van der Waals surface area contributed by atoms with Crippen LogP contribution in [0.5, 0.6) is 5.88 Å².